The van der Waals surface area contributed by atoms with E-state index in [4.69, 9.17) is 14.6 Å². The largest absolute Gasteiger partial charge is 0.465 e. The molecule has 0 aromatic carbocycles. The number of nitrogens with one attached hydrogen (secondary N) is 1. The van der Waals surface area contributed by atoms with Crippen LogP contribution in [0, 0.1) is 0 Å². The fourth-order valence-electron chi connectivity index (χ4n) is 3.54. The zero-order valence-electron chi connectivity index (χ0n) is 18.4. The van der Waals surface area contributed by atoms with E-state index in [1.54, 1.807) is 44.2 Å². The summed E-state index contributed by atoms with van der Waals surface area (Å²) >= 11 is 0. The Bertz CT molecular complexity index is 924. The van der Waals surface area contributed by atoms with Crippen molar-refractivity contribution >= 4 is 17.7 Å². The van der Waals surface area contributed by atoms with Crippen molar-refractivity contribution in [3.05, 3.63) is 58.7 Å². The molecular weight excluding hydrogens is 402 g/mol. The van der Waals surface area contributed by atoms with Crippen LogP contribution in [-0.4, -0.2) is 59.0 Å². The number of allylic oxidation sites excluding steroid dienone is 7. The van der Waals surface area contributed by atoms with Gasteiger partial charge in [0.2, 0.25) is 11.4 Å². The molecule has 2 saturated heterocycles. The van der Waals surface area contributed by atoms with Crippen LogP contribution < -0.4 is 5.32 Å². The first-order chi connectivity index (χ1) is 14.5. The van der Waals surface area contributed by atoms with E-state index in [1.165, 1.54) is 7.11 Å². The highest BCUT2D eigenvalue weighted by Gasteiger charge is 2.80. The van der Waals surface area contributed by atoms with Crippen LogP contribution in [0.3, 0.4) is 0 Å². The van der Waals surface area contributed by atoms with Gasteiger partial charge in [0.05, 0.1) is 12.7 Å². The molecule has 0 aromatic heterocycles. The van der Waals surface area contributed by atoms with Gasteiger partial charge in [-0.1, -0.05) is 41.5 Å². The highest BCUT2D eigenvalue weighted by Crippen LogP contribution is 2.50. The summed E-state index contributed by atoms with van der Waals surface area (Å²) < 4.78 is 10.0. The number of aliphatic hydroxyl groups excluding tert-OH is 1. The molecular formula is C23H29NO7. The number of fused-ring (bicyclic) bond motifs is 1. The lowest BCUT2D eigenvalue weighted by molar-refractivity contribution is -0.138. The molecule has 8 heteroatoms. The van der Waals surface area contributed by atoms with Crippen molar-refractivity contribution in [1.29, 1.82) is 0 Å². The predicted octanol–water partition coefficient (Wildman–Crippen LogP) is 1.41. The summed E-state index contributed by atoms with van der Waals surface area (Å²) in [5.41, 5.74) is -1.000. The van der Waals surface area contributed by atoms with E-state index in [-0.39, 0.29) is 13.0 Å². The Kier molecular flexibility index (Phi) is 7.54. The topological polar surface area (TPSA) is 125 Å². The number of Topliss-reactive ketones (excluding diaryl/α,β-unsaturated/α-hetero) is 1. The van der Waals surface area contributed by atoms with Crippen LogP contribution in [-0.2, 0) is 23.9 Å². The van der Waals surface area contributed by atoms with Crippen LogP contribution in [0.1, 0.15) is 34.1 Å². The second kappa shape index (κ2) is 9.55. The number of carbonyl (C=O) groups is 3. The molecule has 2 aliphatic rings. The van der Waals surface area contributed by atoms with Gasteiger partial charge < -0.3 is 25.0 Å². The van der Waals surface area contributed by atoms with Gasteiger partial charge in [-0.25, -0.2) is 4.79 Å². The summed E-state index contributed by atoms with van der Waals surface area (Å²) in [4.78, 5) is 36.7. The summed E-state index contributed by atoms with van der Waals surface area (Å²) in [7, 11) is 1.33. The Morgan fingerprint density at radius 2 is 1.90 bits per heavy atom. The van der Waals surface area contributed by atoms with Gasteiger partial charge in [-0.05, 0) is 39.3 Å². The van der Waals surface area contributed by atoms with Gasteiger partial charge in [0.25, 0.3) is 5.91 Å². The summed E-state index contributed by atoms with van der Waals surface area (Å²) in [6, 6.07) is 0. The Morgan fingerprint density at radius 3 is 2.45 bits per heavy atom. The molecule has 0 bridgehead atoms. The fourth-order valence-corrected chi connectivity index (χ4v) is 3.54. The maximum absolute atomic E-state index is 12.8. The number of rotatable bonds is 9. The third-order valence-corrected chi connectivity index (χ3v) is 5.18. The molecule has 8 nitrogen and oxygen atoms in total. The smallest absolute Gasteiger partial charge is 0.337 e. The van der Waals surface area contributed by atoms with Crippen molar-refractivity contribution in [2.45, 2.75) is 51.5 Å². The summed E-state index contributed by atoms with van der Waals surface area (Å²) in [6.45, 7) is 6.68. The highest BCUT2D eigenvalue weighted by molar-refractivity contribution is 6.21. The maximum atomic E-state index is 12.8. The molecule has 0 aliphatic carbocycles. The number of hydrogen-bond acceptors (Lipinski definition) is 7. The number of carbonyl (C=O) groups excluding carboxylic acids is 3. The number of ether oxygens (including phenoxy) is 2. The number of morpholine rings is 1. The molecule has 0 saturated carbocycles. The van der Waals surface area contributed by atoms with Crippen molar-refractivity contribution in [1.82, 2.24) is 5.32 Å². The average Bonchev–Trinajstić information content (AvgIpc) is 3.44. The molecule has 3 atom stereocenters. The van der Waals surface area contributed by atoms with Gasteiger partial charge in [0.1, 0.15) is 0 Å². The Labute approximate surface area is 181 Å². The molecule has 0 spiro atoms. The van der Waals surface area contributed by atoms with Crippen LogP contribution in [0.2, 0.25) is 0 Å². The summed E-state index contributed by atoms with van der Waals surface area (Å²) in [6.07, 6.45) is 9.13. The monoisotopic (exact) mass is 431 g/mol. The van der Waals surface area contributed by atoms with Crippen LogP contribution >= 0.6 is 0 Å². The highest BCUT2D eigenvalue weighted by atomic mass is 16.6. The number of amides is 1. The van der Waals surface area contributed by atoms with Crippen molar-refractivity contribution in [2.75, 3.05) is 13.7 Å². The molecule has 2 heterocycles. The molecule has 3 N–H and O–H groups in total. The first-order valence-corrected chi connectivity index (χ1v) is 9.90. The Morgan fingerprint density at radius 1 is 1.23 bits per heavy atom. The van der Waals surface area contributed by atoms with E-state index in [1.807, 2.05) is 19.9 Å². The molecule has 168 valence electrons. The molecule has 0 aromatic rings. The summed E-state index contributed by atoms with van der Waals surface area (Å²) in [5, 5.41) is 21.8. The summed E-state index contributed by atoms with van der Waals surface area (Å²) in [5.74, 6) is -1.64. The maximum Gasteiger partial charge on any atom is 0.337 e. The van der Waals surface area contributed by atoms with E-state index in [0.29, 0.717) is 11.1 Å². The standard InChI is InChI=1S/C23H29NO7/c1-6-17(19(27)30-5)13-15(3)12-14(2)8-7-9-16(4)18(26)23-20(31-23)22(29,10-11-25)24-21(23)28/h6-9,12-13,20,25,29H,10-11H2,1-5H3,(H,24,28)/b8-7-,14-12+,15-13+,16-9+,17-6+/t20-,22-,23+/m1/s1. The first kappa shape index (κ1) is 24.5. The zero-order valence-corrected chi connectivity index (χ0v) is 18.4. The van der Waals surface area contributed by atoms with E-state index >= 15 is 0 Å². The number of esters is 1. The lowest BCUT2D eigenvalue weighted by Gasteiger charge is -2.22. The lowest BCUT2D eigenvalue weighted by Crippen LogP contribution is -2.48. The quantitative estimate of drug-likeness (QED) is 0.166. The normalized spacial score (nSPS) is 29.1. The van der Waals surface area contributed by atoms with E-state index < -0.39 is 35.1 Å². The molecule has 31 heavy (non-hydrogen) atoms. The van der Waals surface area contributed by atoms with Crippen molar-refractivity contribution < 1.29 is 34.1 Å². The molecule has 2 fully saturated rings. The van der Waals surface area contributed by atoms with Crippen molar-refractivity contribution in [3.63, 3.8) is 0 Å². The zero-order chi connectivity index (χ0) is 23.4. The van der Waals surface area contributed by atoms with E-state index in [9.17, 15) is 19.5 Å². The predicted molar refractivity (Wildman–Crippen MR) is 114 cm³/mol. The molecule has 1 amide bonds. The number of epoxide rings is 1. The number of hydrogen-bond donors (Lipinski definition) is 3. The molecule has 0 unspecified atom stereocenters. The van der Waals surface area contributed by atoms with Gasteiger partial charge in [0, 0.05) is 13.0 Å². The van der Waals surface area contributed by atoms with Crippen LogP contribution in [0.15, 0.2) is 58.7 Å². The first-order valence-electron chi connectivity index (χ1n) is 9.90. The number of methoxy groups -OCH3 is 1. The second-order valence-corrected chi connectivity index (χ2v) is 7.64. The van der Waals surface area contributed by atoms with Gasteiger partial charge in [-0.3, -0.25) is 9.59 Å². The van der Waals surface area contributed by atoms with Crippen LogP contribution in [0.25, 0.3) is 0 Å². The van der Waals surface area contributed by atoms with E-state index in [0.717, 1.165) is 11.1 Å². The van der Waals surface area contributed by atoms with Crippen molar-refractivity contribution in [2.24, 2.45) is 0 Å². The fraction of sp³-hybridized carbons (Fsp3) is 0.435. The van der Waals surface area contributed by atoms with E-state index in [2.05, 4.69) is 5.32 Å². The molecule has 2 rings (SSSR count). The SMILES string of the molecule is C\C=C(/C=C(C)/C=C(C)/C=C\C=C(/C)C(=O)[C@]12O[C@@H]1[C@](O)(CCO)NC2=O)C(=O)OC. The third-order valence-electron chi connectivity index (χ3n) is 5.18. The molecule has 2 aliphatic heterocycles. The van der Waals surface area contributed by atoms with Gasteiger partial charge in [0.15, 0.2) is 11.8 Å². The lowest BCUT2D eigenvalue weighted by atomic mass is 9.92. The minimum Gasteiger partial charge on any atom is -0.465 e. The second-order valence-electron chi connectivity index (χ2n) is 7.64. The minimum absolute atomic E-state index is 0.122. The number of aliphatic hydroxyl groups is 2. The van der Waals surface area contributed by atoms with Crippen LogP contribution in [0.4, 0.5) is 0 Å². The van der Waals surface area contributed by atoms with Crippen LogP contribution in [0.5, 0.6) is 0 Å². The van der Waals surface area contributed by atoms with Gasteiger partial charge >= 0.3 is 5.97 Å². The van der Waals surface area contributed by atoms with Crippen molar-refractivity contribution in [3.8, 4) is 0 Å². The Balaban J connectivity index is 2.08. The average molecular weight is 431 g/mol. The van der Waals surface area contributed by atoms with Gasteiger partial charge in [-0.15, -0.1) is 0 Å². The minimum atomic E-state index is -1.74. The Hall–Kier alpha value is -2.81. The van der Waals surface area contributed by atoms with Gasteiger partial charge in [-0.2, -0.15) is 0 Å². The third kappa shape index (κ3) is 4.92. The number of ketones is 1. The molecule has 0 radical (unpaired) electrons.